The molecule has 1 aromatic carbocycles. The number of amides is 2. The van der Waals surface area contributed by atoms with Crippen molar-refractivity contribution in [2.75, 3.05) is 33.9 Å². The second-order valence-electron chi connectivity index (χ2n) is 8.21. The van der Waals surface area contributed by atoms with E-state index in [1.165, 1.54) is 12.0 Å². The van der Waals surface area contributed by atoms with Crippen molar-refractivity contribution in [3.8, 4) is 11.5 Å². The predicted octanol–water partition coefficient (Wildman–Crippen LogP) is 2.63. The van der Waals surface area contributed by atoms with Crippen LogP contribution in [0.15, 0.2) is 12.1 Å². The van der Waals surface area contributed by atoms with Gasteiger partial charge in [-0.3, -0.25) is 9.59 Å². The van der Waals surface area contributed by atoms with Gasteiger partial charge < -0.3 is 19.3 Å². The Morgan fingerprint density at radius 1 is 0.821 bits per heavy atom. The van der Waals surface area contributed by atoms with Crippen molar-refractivity contribution in [2.24, 2.45) is 11.8 Å². The maximum Gasteiger partial charge on any atom is 0.226 e. The minimum Gasteiger partial charge on any atom is -0.493 e. The number of methoxy groups -OCH3 is 2. The molecule has 0 N–H and O–H groups in total. The highest BCUT2D eigenvalue weighted by Crippen LogP contribution is 2.34. The largest absolute Gasteiger partial charge is 0.493 e. The van der Waals surface area contributed by atoms with Gasteiger partial charge in [-0.1, -0.05) is 6.42 Å². The molecule has 1 aliphatic carbocycles. The highest BCUT2D eigenvalue weighted by molar-refractivity contribution is 5.81. The number of hydrogen-bond donors (Lipinski definition) is 0. The zero-order valence-electron chi connectivity index (χ0n) is 16.9. The van der Waals surface area contributed by atoms with Crippen LogP contribution in [-0.4, -0.2) is 55.5 Å². The summed E-state index contributed by atoms with van der Waals surface area (Å²) in [6, 6.07) is 4.02. The van der Waals surface area contributed by atoms with Gasteiger partial charge in [0.25, 0.3) is 0 Å². The fraction of sp³-hybridized carbons (Fsp3) is 0.636. The molecular formula is C22H30N2O4. The van der Waals surface area contributed by atoms with Crippen LogP contribution < -0.4 is 9.47 Å². The molecule has 6 heteroatoms. The monoisotopic (exact) mass is 386 g/mol. The minimum atomic E-state index is 0.0344. The summed E-state index contributed by atoms with van der Waals surface area (Å²) in [4.78, 5) is 29.5. The minimum absolute atomic E-state index is 0.0344. The highest BCUT2D eigenvalue weighted by atomic mass is 16.5. The molecule has 0 spiro atoms. The maximum absolute atomic E-state index is 13.1. The van der Waals surface area contributed by atoms with Crippen LogP contribution in [0.1, 0.15) is 43.2 Å². The number of nitrogens with zero attached hydrogens (tertiary/aromatic N) is 2. The molecule has 152 valence electrons. The molecule has 2 amide bonds. The summed E-state index contributed by atoms with van der Waals surface area (Å²) in [5, 5.41) is 0. The average Bonchev–Trinajstić information content (AvgIpc) is 2.70. The van der Waals surface area contributed by atoms with Crippen LogP contribution in [-0.2, 0) is 22.6 Å². The number of fused-ring (bicyclic) bond motifs is 1. The molecular weight excluding hydrogens is 356 g/mol. The van der Waals surface area contributed by atoms with Crippen molar-refractivity contribution in [3.05, 3.63) is 23.3 Å². The molecule has 1 saturated heterocycles. The summed E-state index contributed by atoms with van der Waals surface area (Å²) in [7, 11) is 3.28. The van der Waals surface area contributed by atoms with Gasteiger partial charge in [0.15, 0.2) is 11.5 Å². The van der Waals surface area contributed by atoms with Crippen molar-refractivity contribution in [1.82, 2.24) is 9.80 Å². The number of likely N-dealkylation sites (tertiary alicyclic amines) is 1. The van der Waals surface area contributed by atoms with Crippen LogP contribution in [0, 0.1) is 11.8 Å². The van der Waals surface area contributed by atoms with E-state index in [0.717, 1.165) is 63.1 Å². The molecule has 1 saturated carbocycles. The second kappa shape index (κ2) is 8.02. The van der Waals surface area contributed by atoms with Gasteiger partial charge in [-0.25, -0.2) is 0 Å². The lowest BCUT2D eigenvalue weighted by Crippen LogP contribution is -2.47. The Balaban J connectivity index is 1.37. The molecule has 2 heterocycles. The van der Waals surface area contributed by atoms with E-state index in [-0.39, 0.29) is 17.7 Å². The van der Waals surface area contributed by atoms with E-state index in [0.29, 0.717) is 18.2 Å². The first-order valence-corrected chi connectivity index (χ1v) is 10.4. The van der Waals surface area contributed by atoms with E-state index in [1.807, 2.05) is 21.9 Å². The van der Waals surface area contributed by atoms with Gasteiger partial charge in [0, 0.05) is 38.0 Å². The van der Waals surface area contributed by atoms with E-state index < -0.39 is 0 Å². The van der Waals surface area contributed by atoms with Gasteiger partial charge in [-0.05, 0) is 55.4 Å². The van der Waals surface area contributed by atoms with Crippen molar-refractivity contribution < 1.29 is 19.1 Å². The van der Waals surface area contributed by atoms with Gasteiger partial charge in [0.05, 0.1) is 14.2 Å². The second-order valence-corrected chi connectivity index (χ2v) is 8.21. The summed E-state index contributed by atoms with van der Waals surface area (Å²) >= 11 is 0. The number of benzene rings is 1. The Labute approximate surface area is 166 Å². The number of rotatable bonds is 4. The molecule has 0 bridgehead atoms. The number of piperidine rings is 1. The van der Waals surface area contributed by atoms with Crippen LogP contribution in [0.5, 0.6) is 11.5 Å². The van der Waals surface area contributed by atoms with Crippen LogP contribution in [0.25, 0.3) is 0 Å². The van der Waals surface area contributed by atoms with E-state index in [1.54, 1.807) is 14.2 Å². The average molecular weight is 386 g/mol. The summed E-state index contributed by atoms with van der Waals surface area (Å²) in [6.45, 7) is 2.81. The smallest absolute Gasteiger partial charge is 0.226 e. The lowest BCUT2D eigenvalue weighted by Gasteiger charge is -2.38. The summed E-state index contributed by atoms with van der Waals surface area (Å²) in [6.07, 6.45) is 5.66. The van der Waals surface area contributed by atoms with Gasteiger partial charge >= 0.3 is 0 Å². The summed E-state index contributed by atoms with van der Waals surface area (Å²) < 4.78 is 10.8. The first-order chi connectivity index (χ1) is 13.6. The maximum atomic E-state index is 13.1. The predicted molar refractivity (Wildman–Crippen MR) is 105 cm³/mol. The van der Waals surface area contributed by atoms with Gasteiger partial charge in [-0.15, -0.1) is 0 Å². The van der Waals surface area contributed by atoms with Crippen molar-refractivity contribution in [3.63, 3.8) is 0 Å². The summed E-state index contributed by atoms with van der Waals surface area (Å²) in [5.41, 5.74) is 2.36. The quantitative estimate of drug-likeness (QED) is 0.798. The lowest BCUT2D eigenvalue weighted by atomic mass is 9.83. The van der Waals surface area contributed by atoms with Gasteiger partial charge in [-0.2, -0.15) is 0 Å². The highest BCUT2D eigenvalue weighted by Gasteiger charge is 2.35. The summed E-state index contributed by atoms with van der Waals surface area (Å²) in [5.74, 6) is 2.27. The molecule has 0 unspecified atom stereocenters. The zero-order valence-corrected chi connectivity index (χ0v) is 16.9. The molecule has 0 atom stereocenters. The Morgan fingerprint density at radius 2 is 1.39 bits per heavy atom. The molecule has 1 aromatic rings. The molecule has 2 fully saturated rings. The Morgan fingerprint density at radius 3 is 1.96 bits per heavy atom. The molecule has 6 nitrogen and oxygen atoms in total. The number of ether oxygens (including phenoxy) is 2. The first-order valence-electron chi connectivity index (χ1n) is 10.4. The van der Waals surface area contributed by atoms with E-state index in [9.17, 15) is 9.59 Å². The molecule has 0 radical (unpaired) electrons. The Bertz CT molecular complexity index is 751. The topological polar surface area (TPSA) is 59.1 Å². The van der Waals surface area contributed by atoms with Gasteiger partial charge in [0.1, 0.15) is 0 Å². The van der Waals surface area contributed by atoms with E-state index >= 15 is 0 Å². The van der Waals surface area contributed by atoms with Crippen LogP contribution in [0.4, 0.5) is 0 Å². The fourth-order valence-electron chi connectivity index (χ4n) is 4.59. The molecule has 3 aliphatic rings. The standard InChI is InChI=1S/C22H30N2O4/c1-27-19-12-17-8-11-24(14-18(17)13-20(19)28-2)22(26)16-6-9-23(10-7-16)21(25)15-4-3-5-15/h12-13,15-16H,3-11,14H2,1-2H3. The number of carbonyl (C=O) groups is 2. The van der Waals surface area contributed by atoms with E-state index in [4.69, 9.17) is 9.47 Å². The Hall–Kier alpha value is -2.24. The first kappa shape index (κ1) is 19.1. The molecule has 0 aromatic heterocycles. The van der Waals surface area contributed by atoms with Crippen LogP contribution in [0.3, 0.4) is 0 Å². The third-order valence-electron chi connectivity index (χ3n) is 6.64. The Kier molecular flexibility index (Phi) is 5.47. The molecule has 2 aliphatic heterocycles. The number of hydrogen-bond acceptors (Lipinski definition) is 4. The molecule has 28 heavy (non-hydrogen) atoms. The van der Waals surface area contributed by atoms with Crippen molar-refractivity contribution in [1.29, 1.82) is 0 Å². The third kappa shape index (κ3) is 3.56. The van der Waals surface area contributed by atoms with Gasteiger partial charge in [0.2, 0.25) is 11.8 Å². The lowest BCUT2D eigenvalue weighted by molar-refractivity contribution is -0.144. The fourth-order valence-corrected chi connectivity index (χ4v) is 4.59. The van der Waals surface area contributed by atoms with Crippen LogP contribution >= 0.6 is 0 Å². The van der Waals surface area contributed by atoms with Crippen molar-refractivity contribution in [2.45, 2.75) is 45.1 Å². The van der Waals surface area contributed by atoms with E-state index in [2.05, 4.69) is 0 Å². The third-order valence-corrected chi connectivity index (χ3v) is 6.64. The SMILES string of the molecule is COc1cc2c(cc1OC)CN(C(=O)C1CCN(C(=O)C3CCC3)CC1)CC2. The van der Waals surface area contributed by atoms with Crippen molar-refractivity contribution >= 4 is 11.8 Å². The normalized spacial score (nSPS) is 20.4. The van der Waals surface area contributed by atoms with Crippen LogP contribution in [0.2, 0.25) is 0 Å². The number of carbonyl (C=O) groups excluding carboxylic acids is 2. The zero-order chi connectivity index (χ0) is 19.7. The molecule has 4 rings (SSSR count).